The summed E-state index contributed by atoms with van der Waals surface area (Å²) in [5, 5.41) is 4.18. The second-order valence-corrected chi connectivity index (χ2v) is 10.6. The fraction of sp³-hybridized carbons (Fsp3) is 0.615. The van der Waals surface area contributed by atoms with Crippen molar-refractivity contribution in [1.82, 2.24) is 0 Å². The first-order valence-electron chi connectivity index (χ1n) is 11.6. The van der Waals surface area contributed by atoms with Crippen LogP contribution in [0.4, 0.5) is 0 Å². The Bertz CT molecular complexity index is 960. The van der Waals surface area contributed by atoms with Crippen LogP contribution in [0, 0.1) is 17.3 Å². The maximum Gasteiger partial charge on any atom is 0.0975 e. The van der Waals surface area contributed by atoms with E-state index in [1.54, 1.807) is 7.05 Å². The Hall–Kier alpha value is -1.59. The van der Waals surface area contributed by atoms with E-state index in [0.717, 1.165) is 49.8 Å². The van der Waals surface area contributed by atoms with E-state index in [0.29, 0.717) is 11.8 Å². The average Bonchev–Trinajstić information content (AvgIpc) is 3.24. The van der Waals surface area contributed by atoms with Crippen LogP contribution in [-0.4, -0.2) is 30.2 Å². The SMILES string of the molecule is C=C(C=NC)/C=C(\C)C1CC[C@@H]2C1(C)CC=C1C=C3CCC(=NOS)C[C@]34CC[C@@]12O4. The molecule has 0 aromatic heterocycles. The summed E-state index contributed by atoms with van der Waals surface area (Å²) in [5.74, 6) is 1.10. The van der Waals surface area contributed by atoms with Gasteiger partial charge in [0.05, 0.1) is 29.8 Å². The van der Waals surface area contributed by atoms with Gasteiger partial charge in [0.25, 0.3) is 0 Å². The molecule has 1 saturated heterocycles. The van der Waals surface area contributed by atoms with Gasteiger partial charge in [-0.05, 0) is 85.8 Å². The first-order valence-corrected chi connectivity index (χ1v) is 12.0. The number of aliphatic imine (C=N–C) groups is 1. The molecular weight excluding hydrogens is 404 g/mol. The Morgan fingerprint density at radius 2 is 2.16 bits per heavy atom. The predicted octanol–water partition coefficient (Wildman–Crippen LogP) is 6.18. The van der Waals surface area contributed by atoms with Gasteiger partial charge >= 0.3 is 0 Å². The Kier molecular flexibility index (Phi) is 5.13. The smallest absolute Gasteiger partial charge is 0.0975 e. The molecule has 5 aliphatic rings. The molecule has 31 heavy (non-hydrogen) atoms. The number of hydrogen-bond acceptors (Lipinski definition) is 5. The van der Waals surface area contributed by atoms with Crippen molar-refractivity contribution in [3.63, 3.8) is 0 Å². The van der Waals surface area contributed by atoms with Crippen molar-refractivity contribution < 1.29 is 9.02 Å². The zero-order valence-corrected chi connectivity index (χ0v) is 19.9. The molecule has 2 heterocycles. The van der Waals surface area contributed by atoms with Crippen LogP contribution in [0.5, 0.6) is 0 Å². The molecule has 5 rings (SSSR count). The Labute approximate surface area is 191 Å². The monoisotopic (exact) mass is 438 g/mol. The number of fused-ring (bicyclic) bond motifs is 1. The molecule has 0 N–H and O–H groups in total. The third kappa shape index (κ3) is 3.06. The zero-order valence-electron chi connectivity index (χ0n) is 19.0. The second-order valence-electron chi connectivity index (χ2n) is 10.5. The van der Waals surface area contributed by atoms with Crippen molar-refractivity contribution in [2.24, 2.45) is 27.4 Å². The Morgan fingerprint density at radius 1 is 1.32 bits per heavy atom. The summed E-state index contributed by atoms with van der Waals surface area (Å²) in [6.07, 6.45) is 17.6. The van der Waals surface area contributed by atoms with E-state index >= 15 is 0 Å². The van der Waals surface area contributed by atoms with Crippen molar-refractivity contribution in [1.29, 1.82) is 0 Å². The lowest BCUT2D eigenvalue weighted by atomic mass is 9.58. The van der Waals surface area contributed by atoms with Gasteiger partial charge in [0.2, 0.25) is 0 Å². The summed E-state index contributed by atoms with van der Waals surface area (Å²) in [6, 6.07) is 0. The lowest BCUT2D eigenvalue weighted by molar-refractivity contribution is -0.128. The second kappa shape index (κ2) is 7.48. The maximum atomic E-state index is 7.23. The quantitative estimate of drug-likeness (QED) is 0.187. The first-order chi connectivity index (χ1) is 14.9. The third-order valence-electron chi connectivity index (χ3n) is 8.94. The van der Waals surface area contributed by atoms with Crippen molar-refractivity contribution in [2.75, 3.05) is 7.05 Å². The number of nitrogens with zero attached hydrogens (tertiary/aromatic N) is 2. The van der Waals surface area contributed by atoms with Crippen LogP contribution in [-0.2, 0) is 9.02 Å². The summed E-state index contributed by atoms with van der Waals surface area (Å²) in [5.41, 5.74) is 6.30. The number of oxime groups is 1. The molecular formula is C26H34N2O2S. The van der Waals surface area contributed by atoms with Crippen LogP contribution < -0.4 is 0 Å². The fourth-order valence-electron chi connectivity index (χ4n) is 7.72. The van der Waals surface area contributed by atoms with Gasteiger partial charge in [-0.15, -0.1) is 0 Å². The normalized spacial score (nSPS) is 42.7. The van der Waals surface area contributed by atoms with E-state index in [-0.39, 0.29) is 16.6 Å². The van der Waals surface area contributed by atoms with Crippen LogP contribution in [0.2, 0.25) is 0 Å². The molecule has 2 unspecified atom stereocenters. The van der Waals surface area contributed by atoms with Gasteiger partial charge in [-0.1, -0.05) is 42.5 Å². The van der Waals surface area contributed by atoms with E-state index in [4.69, 9.17) is 9.02 Å². The highest BCUT2D eigenvalue weighted by Crippen LogP contribution is 2.68. The molecule has 0 aromatic carbocycles. The van der Waals surface area contributed by atoms with Crippen molar-refractivity contribution >= 4 is 24.8 Å². The van der Waals surface area contributed by atoms with E-state index in [2.05, 4.69) is 61.7 Å². The van der Waals surface area contributed by atoms with Gasteiger partial charge in [0, 0.05) is 19.7 Å². The molecule has 2 saturated carbocycles. The van der Waals surface area contributed by atoms with Crippen LogP contribution in [0.1, 0.15) is 65.2 Å². The van der Waals surface area contributed by atoms with Crippen LogP contribution in [0.15, 0.2) is 57.2 Å². The molecule has 2 bridgehead atoms. The summed E-state index contributed by atoms with van der Waals surface area (Å²) in [4.78, 5) is 4.13. The minimum atomic E-state index is -0.187. The highest BCUT2D eigenvalue weighted by molar-refractivity contribution is 7.75. The summed E-state index contributed by atoms with van der Waals surface area (Å²) in [6.45, 7) is 8.93. The van der Waals surface area contributed by atoms with E-state index < -0.39 is 0 Å². The Morgan fingerprint density at radius 3 is 2.94 bits per heavy atom. The average molecular weight is 439 g/mol. The minimum absolute atomic E-state index is 0.141. The van der Waals surface area contributed by atoms with E-state index in [9.17, 15) is 0 Å². The summed E-state index contributed by atoms with van der Waals surface area (Å²) in [7, 11) is 1.80. The highest BCUT2D eigenvalue weighted by atomic mass is 32.1. The minimum Gasteiger partial charge on any atom is -0.359 e. The van der Waals surface area contributed by atoms with Gasteiger partial charge < -0.3 is 9.02 Å². The summed E-state index contributed by atoms with van der Waals surface area (Å²) < 4.78 is 12.0. The molecule has 3 aliphatic carbocycles. The van der Waals surface area contributed by atoms with Crippen LogP contribution in [0.3, 0.4) is 0 Å². The molecule has 0 amide bonds. The van der Waals surface area contributed by atoms with Crippen molar-refractivity contribution in [3.05, 3.63) is 47.1 Å². The molecule has 166 valence electrons. The predicted molar refractivity (Wildman–Crippen MR) is 130 cm³/mol. The number of thiol groups is 1. The lowest BCUT2D eigenvalue weighted by Crippen LogP contribution is -2.54. The fourth-order valence-corrected chi connectivity index (χ4v) is 7.83. The molecule has 2 aliphatic heterocycles. The number of rotatable bonds is 4. The van der Waals surface area contributed by atoms with Gasteiger partial charge in [-0.3, -0.25) is 4.99 Å². The standard InChI is InChI=1S/C26H34N2O2S/c1-17(16-27-4)13-18(2)22-7-8-23-24(22,3)10-9-20-14-19-5-6-21(28-30-31)15-25(19)11-12-26(20,23)29-25/h9,13-14,16,22-23,31H,1,5-8,10-12,15H2,2-4H3/b18-13+,27-16?,28-21?/t22?,23-,24?,25-,26-/m1/s1. The molecule has 5 heteroatoms. The molecule has 2 spiro atoms. The maximum absolute atomic E-state index is 7.23. The number of ether oxygens (including phenoxy) is 1. The highest BCUT2D eigenvalue weighted by Gasteiger charge is 2.66. The molecule has 0 aromatic rings. The number of allylic oxidation sites excluding steroid dienone is 4. The molecule has 3 fully saturated rings. The largest absolute Gasteiger partial charge is 0.359 e. The molecule has 0 radical (unpaired) electrons. The van der Waals surface area contributed by atoms with Crippen molar-refractivity contribution in [2.45, 2.75) is 76.4 Å². The Balaban J connectivity index is 1.50. The van der Waals surface area contributed by atoms with Crippen LogP contribution in [0.25, 0.3) is 0 Å². The molecule has 4 nitrogen and oxygen atoms in total. The summed E-state index contributed by atoms with van der Waals surface area (Å²) >= 11 is 3.84. The molecule has 5 atom stereocenters. The van der Waals surface area contributed by atoms with Crippen LogP contribution >= 0.6 is 12.9 Å². The zero-order chi connectivity index (χ0) is 21.9. The topological polar surface area (TPSA) is 43.2 Å². The number of hydrogen-bond donors (Lipinski definition) is 1. The van der Waals surface area contributed by atoms with Gasteiger partial charge in [-0.2, -0.15) is 0 Å². The van der Waals surface area contributed by atoms with E-state index in [1.807, 2.05) is 6.21 Å². The lowest BCUT2D eigenvalue weighted by Gasteiger charge is -2.54. The van der Waals surface area contributed by atoms with Crippen molar-refractivity contribution in [3.8, 4) is 0 Å². The third-order valence-corrected chi connectivity index (χ3v) is 9.02. The van der Waals surface area contributed by atoms with Gasteiger partial charge in [-0.25, -0.2) is 0 Å². The van der Waals surface area contributed by atoms with Gasteiger partial charge in [0.1, 0.15) is 0 Å². The first kappa shape index (κ1) is 21.3. The van der Waals surface area contributed by atoms with E-state index in [1.165, 1.54) is 29.6 Å². The van der Waals surface area contributed by atoms with Gasteiger partial charge in [0.15, 0.2) is 0 Å².